The van der Waals surface area contributed by atoms with E-state index in [1.807, 2.05) is 24.3 Å². The summed E-state index contributed by atoms with van der Waals surface area (Å²) in [7, 11) is 0. The van der Waals surface area contributed by atoms with Gasteiger partial charge in [-0.25, -0.2) is 14.4 Å². The van der Waals surface area contributed by atoms with Crippen LogP contribution in [0.3, 0.4) is 0 Å². The molecule has 49 heavy (non-hydrogen) atoms. The number of nitrogens with one attached hydrogen (secondary N) is 1. The summed E-state index contributed by atoms with van der Waals surface area (Å²) in [5.41, 5.74) is 4.45. The Labute approximate surface area is 291 Å². The summed E-state index contributed by atoms with van der Waals surface area (Å²) in [6, 6.07) is 16.4. The van der Waals surface area contributed by atoms with E-state index in [9.17, 15) is 9.18 Å². The Bertz CT molecular complexity index is 1810. The summed E-state index contributed by atoms with van der Waals surface area (Å²) >= 11 is 5.88. The van der Waals surface area contributed by atoms with Gasteiger partial charge in [0.2, 0.25) is 5.88 Å². The van der Waals surface area contributed by atoms with Crippen molar-refractivity contribution in [3.05, 3.63) is 82.5 Å². The fourth-order valence-corrected chi connectivity index (χ4v) is 7.86. The lowest BCUT2D eigenvalue weighted by atomic mass is 9.65. The van der Waals surface area contributed by atoms with Crippen molar-refractivity contribution in [3.63, 3.8) is 0 Å². The summed E-state index contributed by atoms with van der Waals surface area (Å²) < 4.78 is 34.2. The maximum absolute atomic E-state index is 14.2. The van der Waals surface area contributed by atoms with E-state index in [4.69, 9.17) is 35.8 Å². The van der Waals surface area contributed by atoms with Crippen LogP contribution in [0.2, 0.25) is 5.02 Å². The fraction of sp³-hybridized carbons (Fsp3) is 0.500. The third-order valence-electron chi connectivity index (χ3n) is 11.0. The molecule has 4 fully saturated rings. The number of anilines is 1. The van der Waals surface area contributed by atoms with Gasteiger partial charge < -0.3 is 24.1 Å². The Morgan fingerprint density at radius 2 is 1.88 bits per heavy atom. The van der Waals surface area contributed by atoms with Gasteiger partial charge in [-0.1, -0.05) is 30.2 Å². The minimum atomic E-state index is -0.391. The van der Waals surface area contributed by atoms with Crippen molar-refractivity contribution in [2.24, 2.45) is 5.41 Å². The van der Waals surface area contributed by atoms with Gasteiger partial charge in [0.05, 0.1) is 36.8 Å². The number of imidazole rings is 1. The predicted molar refractivity (Wildman–Crippen MR) is 185 cm³/mol. The number of hydrogen-bond acceptors (Lipinski definition) is 7. The second-order valence-electron chi connectivity index (χ2n) is 14.3. The van der Waals surface area contributed by atoms with Crippen LogP contribution in [0.15, 0.2) is 54.6 Å². The first-order valence-electron chi connectivity index (χ1n) is 17.7. The van der Waals surface area contributed by atoms with E-state index in [0.717, 1.165) is 93.1 Å². The molecule has 5 heterocycles. The lowest BCUT2D eigenvalue weighted by Gasteiger charge is -2.46. The molecular formula is C38H43ClFN5O4. The molecular weight excluding hydrogens is 645 g/mol. The summed E-state index contributed by atoms with van der Waals surface area (Å²) in [5, 5.41) is 3.46. The van der Waals surface area contributed by atoms with Crippen molar-refractivity contribution in [2.75, 3.05) is 31.6 Å². The number of ether oxygens (including phenoxy) is 3. The fourth-order valence-electron chi connectivity index (χ4n) is 7.70. The molecule has 258 valence electrons. The maximum atomic E-state index is 14.2. The SMILES string of the molecule is O=C(Nc1ccc2c(c1)nc(CN1CCC(c3cccc(OCc4ccc(Cl)cc4F)n3)CC1)n2C[C@@H]1CCO1)C1CCC2(CCC2)CO1. The Kier molecular flexibility index (Phi) is 9.31. The Balaban J connectivity index is 0.902. The topological polar surface area (TPSA) is 90.7 Å². The molecule has 1 unspecified atom stereocenters. The van der Waals surface area contributed by atoms with Gasteiger partial charge in [-0.2, -0.15) is 0 Å². The van der Waals surface area contributed by atoms with E-state index >= 15 is 0 Å². The van der Waals surface area contributed by atoms with Crippen molar-refractivity contribution in [2.45, 2.75) is 89.2 Å². The molecule has 1 saturated carbocycles. The van der Waals surface area contributed by atoms with E-state index in [0.29, 0.717) is 34.4 Å². The number of carbonyl (C=O) groups excluding carboxylic acids is 1. The van der Waals surface area contributed by atoms with Crippen molar-refractivity contribution < 1.29 is 23.4 Å². The number of amides is 1. The van der Waals surface area contributed by atoms with Gasteiger partial charge in [0.15, 0.2) is 0 Å². The third-order valence-corrected chi connectivity index (χ3v) is 11.3. The Morgan fingerprint density at radius 1 is 1.02 bits per heavy atom. The summed E-state index contributed by atoms with van der Waals surface area (Å²) in [6.45, 7) is 4.93. The van der Waals surface area contributed by atoms with E-state index in [1.54, 1.807) is 12.1 Å². The number of benzene rings is 2. The summed E-state index contributed by atoms with van der Waals surface area (Å²) in [6.07, 6.45) is 8.37. The molecule has 11 heteroatoms. The molecule has 1 amide bonds. The van der Waals surface area contributed by atoms with E-state index < -0.39 is 6.10 Å². The number of pyridine rings is 1. The van der Waals surface area contributed by atoms with Crippen LogP contribution in [0.4, 0.5) is 10.1 Å². The number of fused-ring (bicyclic) bond motifs is 1. The Hall–Kier alpha value is -3.57. The largest absolute Gasteiger partial charge is 0.473 e. The lowest BCUT2D eigenvalue weighted by Crippen LogP contribution is -2.44. The number of aromatic nitrogens is 3. The second kappa shape index (κ2) is 14.0. The van der Waals surface area contributed by atoms with Crippen LogP contribution in [-0.4, -0.2) is 63.9 Å². The van der Waals surface area contributed by atoms with Crippen molar-refractivity contribution in [1.29, 1.82) is 0 Å². The molecule has 0 bridgehead atoms. The van der Waals surface area contributed by atoms with Gasteiger partial charge in [0.1, 0.15) is 24.4 Å². The third kappa shape index (κ3) is 7.20. The molecule has 1 spiro atoms. The monoisotopic (exact) mass is 687 g/mol. The number of likely N-dealkylation sites (tertiary alicyclic amines) is 1. The normalized spacial score (nSPS) is 22.5. The molecule has 1 aliphatic carbocycles. The van der Waals surface area contributed by atoms with Crippen LogP contribution in [0.5, 0.6) is 5.88 Å². The highest BCUT2D eigenvalue weighted by Gasteiger charge is 2.42. The van der Waals surface area contributed by atoms with Crippen molar-refractivity contribution in [3.8, 4) is 5.88 Å². The van der Waals surface area contributed by atoms with Gasteiger partial charge in [0.25, 0.3) is 5.91 Å². The molecule has 2 aromatic carbocycles. The predicted octanol–water partition coefficient (Wildman–Crippen LogP) is 7.26. The highest BCUT2D eigenvalue weighted by molar-refractivity contribution is 6.30. The zero-order valence-corrected chi connectivity index (χ0v) is 28.5. The second-order valence-corrected chi connectivity index (χ2v) is 14.7. The highest BCUT2D eigenvalue weighted by atomic mass is 35.5. The first-order valence-corrected chi connectivity index (χ1v) is 18.1. The van der Waals surface area contributed by atoms with Crippen LogP contribution >= 0.6 is 11.6 Å². The van der Waals surface area contributed by atoms with Crippen LogP contribution in [-0.2, 0) is 34.0 Å². The van der Waals surface area contributed by atoms with Gasteiger partial charge in [-0.15, -0.1) is 0 Å². The average molecular weight is 688 g/mol. The molecule has 3 saturated heterocycles. The first-order chi connectivity index (χ1) is 23.9. The van der Waals surface area contributed by atoms with Crippen molar-refractivity contribution in [1.82, 2.24) is 19.4 Å². The van der Waals surface area contributed by atoms with E-state index in [1.165, 1.54) is 25.3 Å². The minimum absolute atomic E-state index is 0.0686. The smallest absolute Gasteiger partial charge is 0.253 e. The number of halogens is 2. The number of rotatable bonds is 10. The summed E-state index contributed by atoms with van der Waals surface area (Å²) in [4.78, 5) is 25.4. The molecule has 0 radical (unpaired) electrons. The molecule has 1 N–H and O–H groups in total. The van der Waals surface area contributed by atoms with Gasteiger partial charge in [0, 0.05) is 40.6 Å². The van der Waals surface area contributed by atoms with E-state index in [-0.39, 0.29) is 24.4 Å². The molecule has 9 nitrogen and oxygen atoms in total. The van der Waals surface area contributed by atoms with Gasteiger partial charge in [-0.05, 0) is 99.8 Å². The average Bonchev–Trinajstić information content (AvgIpc) is 3.41. The summed E-state index contributed by atoms with van der Waals surface area (Å²) in [5.74, 6) is 1.36. The molecule has 2 aromatic heterocycles. The molecule has 4 aromatic rings. The number of piperidine rings is 1. The Morgan fingerprint density at radius 3 is 2.59 bits per heavy atom. The number of hydrogen-bond donors (Lipinski definition) is 1. The van der Waals surface area contributed by atoms with Crippen LogP contribution in [0, 0.1) is 11.2 Å². The van der Waals surface area contributed by atoms with E-state index in [2.05, 4.69) is 26.9 Å². The van der Waals surface area contributed by atoms with Gasteiger partial charge >= 0.3 is 0 Å². The standard InChI is InChI=1S/C38H43ClFN5O4/c39-27-6-5-26(30(40)19-27)23-48-36-4-1-3-31(43-36)25-10-16-44(17-11-25)22-35-42-32-20-28(7-8-33(32)45(35)21-29-12-18-47-29)41-37(46)34-9-15-38(24-49-34)13-2-14-38/h1,3-8,19-20,25,29,34H,2,9-18,21-24H2,(H,41,46)/t29-,34?/m0/s1. The zero-order valence-electron chi connectivity index (χ0n) is 27.7. The first kappa shape index (κ1) is 32.6. The maximum Gasteiger partial charge on any atom is 0.253 e. The van der Waals surface area contributed by atoms with Crippen LogP contribution in [0.1, 0.15) is 74.4 Å². The highest BCUT2D eigenvalue weighted by Crippen LogP contribution is 2.48. The molecule has 2 atom stereocenters. The number of carbonyl (C=O) groups is 1. The zero-order chi connectivity index (χ0) is 33.4. The molecule has 8 rings (SSSR count). The lowest BCUT2D eigenvalue weighted by molar-refractivity contribution is -0.142. The quantitative estimate of drug-likeness (QED) is 0.188. The van der Waals surface area contributed by atoms with Crippen LogP contribution in [0.25, 0.3) is 11.0 Å². The number of nitrogens with zero attached hydrogens (tertiary/aromatic N) is 4. The van der Waals surface area contributed by atoms with Crippen molar-refractivity contribution >= 4 is 34.2 Å². The van der Waals surface area contributed by atoms with Crippen LogP contribution < -0.4 is 10.1 Å². The molecule has 3 aliphatic heterocycles. The molecule has 4 aliphatic rings. The minimum Gasteiger partial charge on any atom is -0.473 e. The van der Waals surface area contributed by atoms with Gasteiger partial charge in [-0.3, -0.25) is 9.69 Å².